The number of benzene rings is 2. The number of hydrogen-bond acceptors (Lipinski definition) is 3. The van der Waals surface area contributed by atoms with Gasteiger partial charge >= 0.3 is 0 Å². The van der Waals surface area contributed by atoms with Crippen LogP contribution >= 0.6 is 11.8 Å². The van der Waals surface area contributed by atoms with E-state index in [2.05, 4.69) is 9.55 Å². The number of halogens is 2. The molecule has 1 amide bonds. The third-order valence-electron chi connectivity index (χ3n) is 4.92. The second-order valence-electron chi connectivity index (χ2n) is 6.59. The summed E-state index contributed by atoms with van der Waals surface area (Å²) in [5.41, 5.74) is 2.34. The van der Waals surface area contributed by atoms with Crippen LogP contribution < -0.4 is 0 Å². The van der Waals surface area contributed by atoms with Crippen molar-refractivity contribution >= 4 is 28.7 Å². The lowest BCUT2D eigenvalue weighted by Crippen LogP contribution is -2.29. The van der Waals surface area contributed by atoms with Crippen LogP contribution in [0.25, 0.3) is 11.0 Å². The van der Waals surface area contributed by atoms with Crippen LogP contribution in [-0.4, -0.2) is 39.2 Å². The van der Waals surface area contributed by atoms with E-state index in [1.165, 1.54) is 0 Å². The van der Waals surface area contributed by atoms with E-state index in [-0.39, 0.29) is 11.9 Å². The lowest BCUT2D eigenvalue weighted by atomic mass is 10.2. The molecule has 1 atom stereocenters. The maximum Gasteiger partial charge on any atom is 0.288 e. The molecule has 0 bridgehead atoms. The summed E-state index contributed by atoms with van der Waals surface area (Å²) in [6.45, 7) is 3.12. The van der Waals surface area contributed by atoms with Gasteiger partial charge in [-0.15, -0.1) is 0 Å². The van der Waals surface area contributed by atoms with Gasteiger partial charge in [-0.05, 0) is 37.6 Å². The number of fused-ring (bicyclic) bond motifs is 1. The monoisotopic (exact) mass is 387 g/mol. The molecule has 0 radical (unpaired) electrons. The van der Waals surface area contributed by atoms with E-state index in [1.807, 2.05) is 31.2 Å². The van der Waals surface area contributed by atoms with E-state index in [0.29, 0.717) is 35.3 Å². The van der Waals surface area contributed by atoms with Crippen molar-refractivity contribution in [1.29, 1.82) is 0 Å². The fourth-order valence-electron chi connectivity index (χ4n) is 3.78. The molecule has 1 aromatic heterocycles. The van der Waals surface area contributed by atoms with Crippen LogP contribution in [-0.2, 0) is 0 Å². The normalized spacial score (nSPS) is 17.2. The molecule has 7 heteroatoms. The molecule has 0 N–H and O–H groups in total. The predicted molar refractivity (Wildman–Crippen MR) is 102 cm³/mol. The number of carbonyl (C=O) groups excluding carboxylic acids is 1. The van der Waals surface area contributed by atoms with Crippen molar-refractivity contribution in [3.8, 4) is 0 Å². The molecule has 4 rings (SSSR count). The topological polar surface area (TPSA) is 38.1 Å². The number of likely N-dealkylation sites (tertiary alicyclic amines) is 1. The Morgan fingerprint density at radius 3 is 2.74 bits per heavy atom. The summed E-state index contributed by atoms with van der Waals surface area (Å²) in [5, 5.41) is 0. The molecule has 2 heterocycles. The molecule has 0 saturated carbocycles. The summed E-state index contributed by atoms with van der Waals surface area (Å²) in [6, 6.07) is 14.7. The highest BCUT2D eigenvalue weighted by Gasteiger charge is 2.31. The van der Waals surface area contributed by atoms with Gasteiger partial charge in [-0.25, -0.2) is 4.98 Å². The fourth-order valence-corrected chi connectivity index (χ4v) is 4.41. The van der Waals surface area contributed by atoms with Gasteiger partial charge in [0, 0.05) is 18.0 Å². The van der Waals surface area contributed by atoms with Crippen LogP contribution in [0, 0.1) is 6.92 Å². The van der Waals surface area contributed by atoms with E-state index in [9.17, 15) is 13.6 Å². The number of imidazole rings is 1. The summed E-state index contributed by atoms with van der Waals surface area (Å²) >= 11 is 0.419. The first-order chi connectivity index (χ1) is 13.0. The van der Waals surface area contributed by atoms with Crippen molar-refractivity contribution in [2.45, 2.75) is 30.0 Å². The number of alkyl halides is 2. The number of rotatable bonds is 4. The Balaban J connectivity index is 1.58. The highest BCUT2D eigenvalue weighted by atomic mass is 32.2. The molecule has 0 unspecified atom stereocenters. The lowest BCUT2D eigenvalue weighted by molar-refractivity contribution is 0.0784. The number of amides is 1. The first-order valence-corrected chi connectivity index (χ1v) is 9.69. The highest BCUT2D eigenvalue weighted by Crippen LogP contribution is 2.32. The summed E-state index contributed by atoms with van der Waals surface area (Å²) in [4.78, 5) is 19.6. The van der Waals surface area contributed by atoms with Crippen LogP contribution in [0.4, 0.5) is 8.78 Å². The number of nitrogens with zero attached hydrogens (tertiary/aromatic N) is 3. The van der Waals surface area contributed by atoms with Crippen molar-refractivity contribution in [3.63, 3.8) is 0 Å². The van der Waals surface area contributed by atoms with E-state index in [0.717, 1.165) is 23.3 Å². The zero-order chi connectivity index (χ0) is 19.0. The van der Waals surface area contributed by atoms with Crippen molar-refractivity contribution < 1.29 is 13.6 Å². The van der Waals surface area contributed by atoms with Crippen molar-refractivity contribution in [1.82, 2.24) is 14.5 Å². The Hall–Kier alpha value is -2.41. The van der Waals surface area contributed by atoms with Gasteiger partial charge in [-0.2, -0.15) is 8.78 Å². The number of aromatic nitrogens is 2. The van der Waals surface area contributed by atoms with Crippen molar-refractivity contribution in [3.05, 3.63) is 59.9 Å². The molecular weight excluding hydrogens is 368 g/mol. The van der Waals surface area contributed by atoms with Gasteiger partial charge in [0.15, 0.2) is 0 Å². The first-order valence-electron chi connectivity index (χ1n) is 8.81. The molecule has 27 heavy (non-hydrogen) atoms. The smallest absolute Gasteiger partial charge is 0.288 e. The predicted octanol–water partition coefficient (Wildman–Crippen LogP) is 4.75. The standard InChI is InChI=1S/C20H19F2N3OS/c1-13-23-16-7-3-4-8-17(16)25(13)14-10-11-24(12-14)19(26)15-6-2-5-9-18(15)27-20(21)22/h2-9,14,20H,10-12H2,1H3/t14-/m1/s1. The Labute approximate surface area is 160 Å². The third kappa shape index (κ3) is 3.43. The van der Waals surface area contributed by atoms with Gasteiger partial charge in [0.2, 0.25) is 0 Å². The minimum absolute atomic E-state index is 0.135. The zero-order valence-corrected chi connectivity index (χ0v) is 15.6. The second kappa shape index (κ2) is 7.31. The minimum atomic E-state index is -2.55. The summed E-state index contributed by atoms with van der Waals surface area (Å²) in [6.07, 6.45) is 0.817. The van der Waals surface area contributed by atoms with E-state index >= 15 is 0 Å². The average Bonchev–Trinajstić information content (AvgIpc) is 3.24. The fraction of sp³-hybridized carbons (Fsp3) is 0.300. The molecule has 1 aliphatic rings. The van der Waals surface area contributed by atoms with Crippen LogP contribution in [0.1, 0.15) is 28.6 Å². The number of para-hydroxylation sites is 2. The molecule has 140 valence electrons. The number of thioether (sulfide) groups is 1. The van der Waals surface area contributed by atoms with Crippen LogP contribution in [0.3, 0.4) is 0 Å². The molecule has 1 aliphatic heterocycles. The molecule has 4 nitrogen and oxygen atoms in total. The molecule has 3 aromatic rings. The van der Waals surface area contributed by atoms with E-state index < -0.39 is 5.76 Å². The maximum atomic E-state index is 13.0. The van der Waals surface area contributed by atoms with Gasteiger partial charge < -0.3 is 9.47 Å². The highest BCUT2D eigenvalue weighted by molar-refractivity contribution is 7.99. The SMILES string of the molecule is Cc1nc2ccccc2n1[C@@H]1CCN(C(=O)c2ccccc2SC(F)F)C1. The molecule has 0 aliphatic carbocycles. The Morgan fingerprint density at radius 1 is 1.19 bits per heavy atom. The Morgan fingerprint density at radius 2 is 1.93 bits per heavy atom. The molecule has 0 spiro atoms. The quantitative estimate of drug-likeness (QED) is 0.607. The van der Waals surface area contributed by atoms with Crippen molar-refractivity contribution in [2.24, 2.45) is 0 Å². The van der Waals surface area contributed by atoms with Gasteiger partial charge in [0.05, 0.1) is 22.6 Å². The minimum Gasteiger partial charge on any atom is -0.336 e. The summed E-state index contributed by atoms with van der Waals surface area (Å²) in [7, 11) is 0. The van der Waals surface area contributed by atoms with Crippen LogP contribution in [0.2, 0.25) is 0 Å². The molecule has 2 aromatic carbocycles. The van der Waals surface area contributed by atoms with Crippen LogP contribution in [0.5, 0.6) is 0 Å². The first kappa shape index (κ1) is 18.0. The average molecular weight is 387 g/mol. The molecule has 1 fully saturated rings. The van der Waals surface area contributed by atoms with Gasteiger partial charge in [-0.3, -0.25) is 4.79 Å². The largest absolute Gasteiger partial charge is 0.336 e. The molecule has 1 saturated heterocycles. The number of carbonyl (C=O) groups is 1. The molecular formula is C20H19F2N3OS. The van der Waals surface area contributed by atoms with Gasteiger partial charge in [0.1, 0.15) is 5.82 Å². The second-order valence-corrected chi connectivity index (χ2v) is 7.62. The zero-order valence-electron chi connectivity index (χ0n) is 14.8. The van der Waals surface area contributed by atoms with Gasteiger partial charge in [0.25, 0.3) is 11.7 Å². The summed E-state index contributed by atoms with van der Waals surface area (Å²) in [5.74, 6) is -1.82. The lowest BCUT2D eigenvalue weighted by Gasteiger charge is -2.19. The maximum absolute atomic E-state index is 13.0. The summed E-state index contributed by atoms with van der Waals surface area (Å²) < 4.78 is 27.8. The van der Waals surface area contributed by atoms with Crippen molar-refractivity contribution in [2.75, 3.05) is 13.1 Å². The van der Waals surface area contributed by atoms with Gasteiger partial charge in [-0.1, -0.05) is 36.0 Å². The van der Waals surface area contributed by atoms with E-state index in [1.54, 1.807) is 29.2 Å². The Kier molecular flexibility index (Phi) is 4.86. The third-order valence-corrected chi connectivity index (χ3v) is 5.71. The number of aryl methyl sites for hydroxylation is 1. The Bertz CT molecular complexity index is 988. The number of hydrogen-bond donors (Lipinski definition) is 0. The van der Waals surface area contributed by atoms with E-state index in [4.69, 9.17) is 0 Å². The van der Waals surface area contributed by atoms with Crippen LogP contribution in [0.15, 0.2) is 53.4 Å².